The van der Waals surface area contributed by atoms with Crippen molar-refractivity contribution in [3.63, 3.8) is 0 Å². The summed E-state index contributed by atoms with van der Waals surface area (Å²) in [5, 5.41) is 21.3. The molecular formula is C18H17N7O5S3. The number of aromatic nitrogens is 5. The molecule has 0 aliphatic carbocycles. The van der Waals surface area contributed by atoms with Crippen molar-refractivity contribution in [1.82, 2.24) is 30.9 Å². The molecule has 4 aromatic rings. The van der Waals surface area contributed by atoms with Crippen LogP contribution in [0.4, 0.5) is 0 Å². The predicted octanol–water partition coefficient (Wildman–Crippen LogP) is 0.351. The highest BCUT2D eigenvalue weighted by Crippen LogP contribution is 2.40. The second kappa shape index (κ2) is 8.68. The third-order valence-corrected chi connectivity index (χ3v) is 9.20. The molecule has 3 heterocycles. The van der Waals surface area contributed by atoms with Crippen LogP contribution in [0.2, 0.25) is 0 Å². The number of nitrogens with two attached hydrogens (primary N) is 1. The van der Waals surface area contributed by atoms with E-state index in [-0.39, 0.29) is 29.4 Å². The first-order chi connectivity index (χ1) is 15.8. The van der Waals surface area contributed by atoms with Crippen LogP contribution in [0.3, 0.4) is 0 Å². The van der Waals surface area contributed by atoms with Gasteiger partial charge < -0.3 is 10.1 Å². The van der Waals surface area contributed by atoms with E-state index in [0.29, 0.717) is 11.1 Å². The summed E-state index contributed by atoms with van der Waals surface area (Å²) in [6.45, 7) is 2.46. The van der Waals surface area contributed by atoms with E-state index in [1.807, 2.05) is 12.9 Å². The molecule has 5 rings (SSSR count). The number of hydrogen-bond donors (Lipinski definition) is 3. The number of nitrogens with one attached hydrogen (secondary N) is 2. The number of sulfonamides is 1. The Hall–Kier alpha value is -3.11. The average molecular weight is 508 g/mol. The zero-order chi connectivity index (χ0) is 23.8. The van der Waals surface area contributed by atoms with Gasteiger partial charge in [0.15, 0.2) is 9.84 Å². The maximum absolute atomic E-state index is 13.2. The van der Waals surface area contributed by atoms with Crippen molar-refractivity contribution in [2.45, 2.75) is 15.0 Å². The normalized spacial score (nSPS) is 14.5. The molecule has 0 bridgehead atoms. The number of rotatable bonds is 5. The highest BCUT2D eigenvalue weighted by molar-refractivity contribution is 7.94. The van der Waals surface area contributed by atoms with Gasteiger partial charge in [0.25, 0.3) is 0 Å². The minimum Gasteiger partial charge on any atom is -0.314 e. The van der Waals surface area contributed by atoms with E-state index in [4.69, 9.17) is 9.93 Å². The van der Waals surface area contributed by atoms with Crippen LogP contribution < -0.4 is 10.5 Å². The lowest BCUT2D eigenvalue weighted by Crippen LogP contribution is -2.51. The summed E-state index contributed by atoms with van der Waals surface area (Å²) in [6, 6.07) is 8.23. The summed E-state index contributed by atoms with van der Waals surface area (Å²) in [5.74, 6) is -0.0822. The van der Waals surface area contributed by atoms with Crippen molar-refractivity contribution in [2.24, 2.45) is 5.14 Å². The molecule has 172 valence electrons. The number of nitrogens with zero attached hydrogens (tertiary/aromatic N) is 4. The Kier molecular flexibility index (Phi) is 6.06. The minimum absolute atomic E-state index is 0.0285. The van der Waals surface area contributed by atoms with E-state index in [2.05, 4.69) is 30.9 Å². The van der Waals surface area contributed by atoms with Gasteiger partial charge in [-0.05, 0) is 34.5 Å². The van der Waals surface area contributed by atoms with E-state index in [1.54, 1.807) is 17.6 Å². The third-order valence-electron chi connectivity index (χ3n) is 5.11. The summed E-state index contributed by atoms with van der Waals surface area (Å²) in [6.07, 6.45) is 0. The molecule has 1 aliphatic rings. The van der Waals surface area contributed by atoms with Crippen molar-refractivity contribution in [3.05, 3.63) is 35.8 Å². The predicted molar refractivity (Wildman–Crippen MR) is 121 cm³/mol. The SMILES string of the molecule is C=O.NS(=O)(=O)c1c(S(=O)(=O)C2CNC2)ccc(-c2ccc3scnc3c2)c1-c1nn[nH]n1. The molecule has 0 spiro atoms. The van der Waals surface area contributed by atoms with Crippen molar-refractivity contribution < 1.29 is 21.6 Å². The topological polar surface area (TPSA) is 191 Å². The van der Waals surface area contributed by atoms with Crippen LogP contribution in [-0.2, 0) is 24.7 Å². The summed E-state index contributed by atoms with van der Waals surface area (Å²) in [5.41, 5.74) is 3.39. The molecule has 0 radical (unpaired) electrons. The largest absolute Gasteiger partial charge is 0.314 e. The lowest BCUT2D eigenvalue weighted by atomic mass is 9.99. The third kappa shape index (κ3) is 4.04. The smallest absolute Gasteiger partial charge is 0.240 e. The van der Waals surface area contributed by atoms with Gasteiger partial charge in [-0.3, -0.25) is 0 Å². The maximum atomic E-state index is 13.2. The molecule has 0 atom stereocenters. The number of thiazole rings is 1. The molecule has 2 aromatic carbocycles. The minimum atomic E-state index is -4.49. The van der Waals surface area contributed by atoms with Gasteiger partial charge in [-0.2, -0.15) is 5.21 Å². The molecule has 15 heteroatoms. The van der Waals surface area contributed by atoms with E-state index in [0.717, 1.165) is 10.2 Å². The quantitative estimate of drug-likeness (QED) is 0.340. The number of benzene rings is 2. The molecule has 2 aromatic heterocycles. The van der Waals surface area contributed by atoms with Gasteiger partial charge in [-0.25, -0.2) is 27.0 Å². The summed E-state index contributed by atoms with van der Waals surface area (Å²) in [7, 11) is -8.46. The second-order valence-corrected chi connectivity index (χ2v) is 11.5. The van der Waals surface area contributed by atoms with E-state index < -0.39 is 30.0 Å². The Morgan fingerprint density at radius 2 is 1.85 bits per heavy atom. The fraction of sp³-hybridized carbons (Fsp3) is 0.167. The van der Waals surface area contributed by atoms with Crippen LogP contribution in [0.15, 0.2) is 45.6 Å². The fourth-order valence-corrected chi connectivity index (χ4v) is 7.33. The summed E-state index contributed by atoms with van der Waals surface area (Å²) >= 11 is 1.47. The Morgan fingerprint density at radius 1 is 1.09 bits per heavy atom. The van der Waals surface area contributed by atoms with Crippen molar-refractivity contribution in [2.75, 3.05) is 13.1 Å². The van der Waals surface area contributed by atoms with Gasteiger partial charge in [0.05, 0.1) is 31.4 Å². The lowest BCUT2D eigenvalue weighted by Gasteiger charge is -2.28. The molecule has 0 saturated carbocycles. The Morgan fingerprint density at radius 3 is 2.45 bits per heavy atom. The first kappa shape index (κ1) is 23.1. The molecule has 0 unspecified atom stereocenters. The Balaban J connectivity index is 0.00000126. The van der Waals surface area contributed by atoms with Crippen LogP contribution in [0, 0.1) is 0 Å². The molecule has 33 heavy (non-hydrogen) atoms. The number of carbonyl (C=O) groups excluding carboxylic acids is 1. The first-order valence-electron chi connectivity index (χ1n) is 9.27. The molecule has 1 saturated heterocycles. The van der Waals surface area contributed by atoms with Gasteiger partial charge in [-0.1, -0.05) is 12.1 Å². The van der Waals surface area contributed by atoms with E-state index in [1.165, 1.54) is 23.5 Å². The monoisotopic (exact) mass is 507 g/mol. The Labute approximate surface area is 192 Å². The van der Waals surface area contributed by atoms with Crippen LogP contribution in [0.1, 0.15) is 0 Å². The van der Waals surface area contributed by atoms with Crippen molar-refractivity contribution in [3.8, 4) is 22.5 Å². The first-order valence-corrected chi connectivity index (χ1v) is 13.2. The zero-order valence-corrected chi connectivity index (χ0v) is 19.2. The summed E-state index contributed by atoms with van der Waals surface area (Å²) < 4.78 is 52.7. The average Bonchev–Trinajstić information content (AvgIpc) is 3.43. The van der Waals surface area contributed by atoms with Gasteiger partial charge in [0.1, 0.15) is 11.7 Å². The number of carbonyl (C=O) groups is 1. The molecule has 1 aliphatic heterocycles. The summed E-state index contributed by atoms with van der Waals surface area (Å²) in [4.78, 5) is 11.4. The number of H-pyrrole nitrogens is 1. The van der Waals surface area contributed by atoms with Crippen LogP contribution in [-0.4, -0.2) is 67.6 Å². The lowest BCUT2D eigenvalue weighted by molar-refractivity contribution is -0.0980. The molecule has 4 N–H and O–H groups in total. The molecular weight excluding hydrogens is 490 g/mol. The maximum Gasteiger partial charge on any atom is 0.240 e. The standard InChI is InChI=1S/C17H15N7O4S3.CH2O/c18-31(27,28)16-14(30(25,26)10-6-19-7-10)4-2-11(15(16)17-21-23-24-22-17)9-1-3-13-12(5-9)20-8-29-13;1-2/h1-5,8,10,19H,6-7H2,(H2,18,27,28)(H,21,22,23,24);1H2. The Bertz CT molecular complexity index is 1530. The number of hydrogen-bond acceptors (Lipinski definition) is 11. The molecule has 1 fully saturated rings. The van der Waals surface area contributed by atoms with E-state index in [9.17, 15) is 16.8 Å². The zero-order valence-electron chi connectivity index (χ0n) is 16.8. The molecule has 0 amide bonds. The number of tetrazole rings is 1. The number of sulfone groups is 1. The van der Waals surface area contributed by atoms with Gasteiger partial charge in [-0.15, -0.1) is 21.5 Å². The number of fused-ring (bicyclic) bond motifs is 1. The van der Waals surface area contributed by atoms with Crippen LogP contribution >= 0.6 is 11.3 Å². The van der Waals surface area contributed by atoms with E-state index >= 15 is 0 Å². The second-order valence-electron chi connectivity index (χ2n) is 6.96. The van der Waals surface area contributed by atoms with Crippen LogP contribution in [0.25, 0.3) is 32.7 Å². The number of aromatic amines is 1. The van der Waals surface area contributed by atoms with Gasteiger partial charge in [0.2, 0.25) is 15.8 Å². The van der Waals surface area contributed by atoms with Crippen molar-refractivity contribution >= 4 is 48.2 Å². The fourth-order valence-electron chi connectivity index (χ4n) is 3.49. The number of primary sulfonamides is 1. The van der Waals surface area contributed by atoms with Gasteiger partial charge >= 0.3 is 0 Å². The van der Waals surface area contributed by atoms with Crippen molar-refractivity contribution in [1.29, 1.82) is 0 Å². The van der Waals surface area contributed by atoms with Gasteiger partial charge in [0, 0.05) is 13.1 Å². The highest BCUT2D eigenvalue weighted by Gasteiger charge is 2.38. The van der Waals surface area contributed by atoms with Crippen LogP contribution in [0.5, 0.6) is 0 Å². The molecule has 12 nitrogen and oxygen atoms in total. The highest BCUT2D eigenvalue weighted by atomic mass is 32.2.